The number of nitrogens with zero attached hydrogens (tertiary/aromatic N) is 2. The first kappa shape index (κ1) is 46.8. The van der Waals surface area contributed by atoms with Crippen molar-refractivity contribution in [1.29, 1.82) is 5.26 Å². The molecule has 6 unspecified atom stereocenters. The van der Waals surface area contributed by atoms with E-state index in [-0.39, 0.29) is 12.0 Å². The molecule has 8 fully saturated rings. The zero-order valence-corrected chi connectivity index (χ0v) is 39.9. The van der Waals surface area contributed by atoms with Crippen molar-refractivity contribution in [3.8, 4) is 6.07 Å². The fraction of sp³-hybridized carbons (Fsp3) is 0.893. The van der Waals surface area contributed by atoms with Crippen LogP contribution in [-0.4, -0.2) is 58.9 Å². The molecule has 8 saturated carbocycles. The van der Waals surface area contributed by atoms with Gasteiger partial charge in [-0.25, -0.2) is 6.57 Å². The molecule has 8 aliphatic rings. The highest BCUT2D eigenvalue weighted by Gasteiger charge is 2.52. The molecule has 346 valence electrons. The van der Waals surface area contributed by atoms with Crippen LogP contribution in [0.1, 0.15) is 180 Å². The number of ether oxygens (including phenoxy) is 4. The van der Waals surface area contributed by atoms with Gasteiger partial charge in [0.05, 0.1) is 30.5 Å². The van der Waals surface area contributed by atoms with Gasteiger partial charge in [0.2, 0.25) is 6.04 Å². The number of nitriles is 1. The Labute approximate surface area is 379 Å². The zero-order chi connectivity index (χ0) is 43.0. The molecule has 0 aromatic heterocycles. The lowest BCUT2D eigenvalue weighted by Gasteiger charge is -2.53. The van der Waals surface area contributed by atoms with Crippen LogP contribution in [0.15, 0.2) is 23.3 Å². The summed E-state index contributed by atoms with van der Waals surface area (Å²) in [4.78, 5) is 4.18. The Bertz CT molecular complexity index is 1350. The average Bonchev–Trinajstić information content (AvgIpc) is 3.34. The third-order valence-electron chi connectivity index (χ3n) is 19.9. The van der Waals surface area contributed by atoms with Crippen molar-refractivity contribution in [1.82, 2.24) is 0 Å². The summed E-state index contributed by atoms with van der Waals surface area (Å²) in [6, 6.07) is 2.60. The third kappa shape index (κ3) is 11.1. The van der Waals surface area contributed by atoms with Crippen molar-refractivity contribution < 1.29 is 18.9 Å². The van der Waals surface area contributed by atoms with Crippen molar-refractivity contribution in [2.24, 2.45) is 76.9 Å². The van der Waals surface area contributed by atoms with E-state index in [2.05, 4.69) is 23.1 Å². The van der Waals surface area contributed by atoms with Gasteiger partial charge in [-0.2, -0.15) is 5.26 Å². The number of hydrogen-bond donors (Lipinski definition) is 0. The molecule has 8 rings (SSSR count). The van der Waals surface area contributed by atoms with E-state index in [9.17, 15) is 5.26 Å². The normalized spacial score (nSPS) is 44.2. The summed E-state index contributed by atoms with van der Waals surface area (Å²) < 4.78 is 23.2. The van der Waals surface area contributed by atoms with E-state index in [0.29, 0.717) is 36.3 Å². The summed E-state index contributed by atoms with van der Waals surface area (Å²) in [5.74, 6) is 8.75. The second-order valence-corrected chi connectivity index (χ2v) is 22.7. The Morgan fingerprint density at radius 1 is 0.435 bits per heavy atom. The minimum absolute atomic E-state index is 0.0737. The summed E-state index contributed by atoms with van der Waals surface area (Å²) >= 11 is 0. The monoisotopic (exact) mass is 853 g/mol. The van der Waals surface area contributed by atoms with E-state index >= 15 is 0 Å². The highest BCUT2D eigenvalue weighted by atomic mass is 16.5. The maximum absolute atomic E-state index is 10.4. The van der Waals surface area contributed by atoms with Crippen LogP contribution in [-0.2, 0) is 18.9 Å². The van der Waals surface area contributed by atoms with E-state index in [0.717, 1.165) is 72.0 Å². The SMILES string of the molecule is [C-]#[N+]C1CC2C(C3CCC(C=C(C4CCC(OC)CC4)C4CCC(OC)CC4)CC3)CCC(C3CCC(C=C(C4CCC(OC)CC4)C4CCC(OC)CC4)CC3)C2CC1C#N. The van der Waals surface area contributed by atoms with Crippen molar-refractivity contribution in [2.75, 3.05) is 28.4 Å². The minimum Gasteiger partial charge on any atom is -0.381 e. The number of allylic oxidation sites excluding steroid dienone is 4. The molecule has 0 aromatic rings. The van der Waals surface area contributed by atoms with Gasteiger partial charge in [0.15, 0.2) is 0 Å². The predicted octanol–water partition coefficient (Wildman–Crippen LogP) is 13.8. The summed E-state index contributed by atoms with van der Waals surface area (Å²) in [6.07, 6.45) is 43.2. The maximum atomic E-state index is 10.4. The molecule has 0 N–H and O–H groups in total. The average molecular weight is 853 g/mol. The highest BCUT2D eigenvalue weighted by molar-refractivity contribution is 5.18. The van der Waals surface area contributed by atoms with E-state index < -0.39 is 0 Å². The predicted molar refractivity (Wildman–Crippen MR) is 250 cm³/mol. The molecule has 0 heterocycles. The lowest BCUT2D eigenvalue weighted by molar-refractivity contribution is -0.0301. The van der Waals surface area contributed by atoms with Gasteiger partial charge < -0.3 is 23.8 Å². The second-order valence-electron chi connectivity index (χ2n) is 22.7. The second kappa shape index (κ2) is 22.7. The van der Waals surface area contributed by atoms with Crippen LogP contribution in [0.4, 0.5) is 0 Å². The molecule has 6 heteroatoms. The first-order valence-electron chi connectivity index (χ1n) is 26.7. The summed E-state index contributed by atoms with van der Waals surface area (Å²) in [7, 11) is 7.62. The standard InChI is InChI=1S/C56H88N2O4/c1-58-56-35-55-51(40-12-8-38(9-13-40)33-53(43-18-26-48(61-4)27-19-43)44-20-28-49(62-5)29-21-44)31-30-50(54(55)34-45(56)36-57)39-10-6-37(7-11-39)32-52(41-14-22-46(59-2)23-15-41)42-16-24-47(60-3)25-17-42/h32-33,37-51,54-56H,6-31,34-35H2,2-5H3. The first-order chi connectivity index (χ1) is 30.4. The Morgan fingerprint density at radius 3 is 1.05 bits per heavy atom. The van der Waals surface area contributed by atoms with Crippen LogP contribution >= 0.6 is 0 Å². The number of hydrogen-bond acceptors (Lipinski definition) is 5. The minimum atomic E-state index is -0.0945. The molecule has 0 aromatic carbocycles. The van der Waals surface area contributed by atoms with E-state index in [1.807, 2.05) is 39.6 Å². The number of fused-ring (bicyclic) bond motifs is 1. The number of methoxy groups -OCH3 is 4. The Hall–Kier alpha value is -1.70. The summed E-state index contributed by atoms with van der Waals surface area (Å²) in [5, 5.41) is 10.4. The molecule has 8 aliphatic carbocycles. The van der Waals surface area contributed by atoms with Crippen molar-refractivity contribution >= 4 is 0 Å². The zero-order valence-electron chi connectivity index (χ0n) is 39.9. The van der Waals surface area contributed by atoms with Crippen LogP contribution < -0.4 is 0 Å². The molecule has 0 aliphatic heterocycles. The fourth-order valence-corrected chi connectivity index (χ4v) is 16.3. The fourth-order valence-electron chi connectivity index (χ4n) is 16.3. The van der Waals surface area contributed by atoms with Crippen LogP contribution in [0.3, 0.4) is 0 Å². The first-order valence-corrected chi connectivity index (χ1v) is 26.7. The Kier molecular flexibility index (Phi) is 17.1. The van der Waals surface area contributed by atoms with Gasteiger partial charge in [-0.15, -0.1) is 0 Å². The molecule has 0 saturated heterocycles. The molecular weight excluding hydrogens is 765 g/mol. The third-order valence-corrected chi connectivity index (χ3v) is 19.9. The van der Waals surface area contributed by atoms with Gasteiger partial charge in [-0.1, -0.05) is 23.3 Å². The van der Waals surface area contributed by atoms with Crippen LogP contribution in [0.2, 0.25) is 0 Å². The van der Waals surface area contributed by atoms with Gasteiger partial charge in [-0.05, 0) is 244 Å². The van der Waals surface area contributed by atoms with Crippen molar-refractivity contribution in [3.63, 3.8) is 0 Å². The van der Waals surface area contributed by atoms with E-state index in [1.54, 1.807) is 0 Å². The van der Waals surface area contributed by atoms with Crippen molar-refractivity contribution in [2.45, 2.75) is 210 Å². The van der Waals surface area contributed by atoms with Crippen molar-refractivity contribution in [3.05, 3.63) is 34.7 Å². The molecule has 0 amide bonds. The largest absolute Gasteiger partial charge is 0.381 e. The van der Waals surface area contributed by atoms with Gasteiger partial charge in [-0.3, -0.25) is 0 Å². The van der Waals surface area contributed by atoms with Crippen LogP contribution in [0, 0.1) is 94.8 Å². The quantitative estimate of drug-likeness (QED) is 0.145. The molecule has 0 bridgehead atoms. The van der Waals surface area contributed by atoms with E-state index in [4.69, 9.17) is 25.5 Å². The van der Waals surface area contributed by atoms with Gasteiger partial charge in [0, 0.05) is 34.9 Å². The van der Waals surface area contributed by atoms with Crippen LogP contribution in [0.5, 0.6) is 0 Å². The Morgan fingerprint density at radius 2 is 0.758 bits per heavy atom. The lowest BCUT2D eigenvalue weighted by atomic mass is 9.51. The van der Waals surface area contributed by atoms with Gasteiger partial charge >= 0.3 is 0 Å². The molecule has 62 heavy (non-hydrogen) atoms. The molecule has 6 nitrogen and oxygen atoms in total. The molecular formula is C56H88N2O4. The molecule has 0 radical (unpaired) electrons. The van der Waals surface area contributed by atoms with Gasteiger partial charge in [0.1, 0.15) is 5.92 Å². The van der Waals surface area contributed by atoms with Crippen LogP contribution in [0.25, 0.3) is 4.85 Å². The summed E-state index contributed by atoms with van der Waals surface area (Å²) in [6.45, 7) is 8.20. The Balaban J connectivity index is 0.915. The molecule has 0 spiro atoms. The van der Waals surface area contributed by atoms with Gasteiger partial charge in [0.25, 0.3) is 0 Å². The summed E-state index contributed by atoms with van der Waals surface area (Å²) in [5.41, 5.74) is 3.66. The number of rotatable bonds is 12. The van der Waals surface area contributed by atoms with E-state index in [1.165, 1.54) is 167 Å². The molecule has 6 atom stereocenters. The topological polar surface area (TPSA) is 65.1 Å². The highest BCUT2D eigenvalue weighted by Crippen LogP contribution is 2.57. The maximum Gasteiger partial charge on any atom is 0.239 e. The smallest absolute Gasteiger partial charge is 0.239 e. The lowest BCUT2D eigenvalue weighted by Crippen LogP contribution is -2.47.